The molecule has 0 saturated heterocycles. The van der Waals surface area contributed by atoms with E-state index in [0.29, 0.717) is 45.4 Å². The van der Waals surface area contributed by atoms with Crippen LogP contribution in [0.2, 0.25) is 0 Å². The average Bonchev–Trinajstić information content (AvgIpc) is 2.65. The number of benzene rings is 1. The highest BCUT2D eigenvalue weighted by atomic mass is 127. The van der Waals surface area contributed by atoms with E-state index in [2.05, 4.69) is 20.4 Å². The van der Waals surface area contributed by atoms with Gasteiger partial charge in [-0.1, -0.05) is 6.07 Å². The molecule has 0 bridgehead atoms. The number of guanidine groups is 1. The number of alkyl halides is 2. The number of hydrogen-bond donors (Lipinski definition) is 2. The summed E-state index contributed by atoms with van der Waals surface area (Å²) in [6.07, 6.45) is 0.822. The standard InChI is InChI=1S/C18H29F2N3O4.HI/c1-4-21-18(22-8-5-9-26-11-10-24-2)23-13-14-6-7-15(25-3)16(12-14)27-17(19)20;/h6-7,12,17H,4-5,8-11,13H2,1-3H3,(H2,21,22,23);1H. The monoisotopic (exact) mass is 517 g/mol. The zero-order valence-corrected chi connectivity index (χ0v) is 18.8. The highest BCUT2D eigenvalue weighted by Crippen LogP contribution is 2.29. The number of hydrogen-bond acceptors (Lipinski definition) is 5. The lowest BCUT2D eigenvalue weighted by Gasteiger charge is -2.13. The van der Waals surface area contributed by atoms with Crippen LogP contribution in [0.25, 0.3) is 0 Å². The molecule has 0 atom stereocenters. The van der Waals surface area contributed by atoms with Crippen LogP contribution in [0.1, 0.15) is 18.9 Å². The first kappa shape index (κ1) is 26.6. The van der Waals surface area contributed by atoms with E-state index in [1.54, 1.807) is 19.2 Å². The van der Waals surface area contributed by atoms with E-state index in [-0.39, 0.29) is 35.5 Å². The first-order valence-electron chi connectivity index (χ1n) is 8.81. The predicted molar refractivity (Wildman–Crippen MR) is 115 cm³/mol. The zero-order valence-electron chi connectivity index (χ0n) is 16.5. The van der Waals surface area contributed by atoms with Gasteiger partial charge in [-0.05, 0) is 31.0 Å². The summed E-state index contributed by atoms with van der Waals surface area (Å²) in [5.41, 5.74) is 0.728. The van der Waals surface area contributed by atoms with Crippen LogP contribution in [0, 0.1) is 0 Å². The molecule has 2 N–H and O–H groups in total. The Morgan fingerprint density at radius 2 is 1.89 bits per heavy atom. The molecule has 0 heterocycles. The Morgan fingerprint density at radius 1 is 1.11 bits per heavy atom. The molecule has 1 aromatic rings. The lowest BCUT2D eigenvalue weighted by molar-refractivity contribution is -0.0512. The van der Waals surface area contributed by atoms with Gasteiger partial charge in [0.25, 0.3) is 0 Å². The van der Waals surface area contributed by atoms with Gasteiger partial charge in [0.1, 0.15) is 0 Å². The molecule has 162 valence electrons. The van der Waals surface area contributed by atoms with Crippen LogP contribution >= 0.6 is 24.0 Å². The minimum absolute atomic E-state index is 0. The van der Waals surface area contributed by atoms with Gasteiger partial charge in [-0.15, -0.1) is 24.0 Å². The topological polar surface area (TPSA) is 73.3 Å². The van der Waals surface area contributed by atoms with Gasteiger partial charge in [-0.3, -0.25) is 0 Å². The third-order valence-electron chi connectivity index (χ3n) is 3.40. The van der Waals surface area contributed by atoms with Crippen LogP contribution < -0.4 is 20.1 Å². The Hall–Kier alpha value is -1.40. The van der Waals surface area contributed by atoms with Gasteiger partial charge < -0.3 is 29.6 Å². The van der Waals surface area contributed by atoms with Crippen LogP contribution in [0.4, 0.5) is 8.78 Å². The van der Waals surface area contributed by atoms with Gasteiger partial charge in [0.05, 0.1) is 26.9 Å². The molecule has 0 aliphatic carbocycles. The summed E-state index contributed by atoms with van der Waals surface area (Å²) in [6.45, 7) is 2.54. The molecule has 0 aromatic heterocycles. The van der Waals surface area contributed by atoms with Gasteiger partial charge in [0.15, 0.2) is 17.5 Å². The first-order valence-corrected chi connectivity index (χ1v) is 8.81. The van der Waals surface area contributed by atoms with Gasteiger partial charge in [-0.2, -0.15) is 8.78 Å². The summed E-state index contributed by atoms with van der Waals surface area (Å²) in [7, 11) is 3.03. The van der Waals surface area contributed by atoms with Crippen LogP contribution in [0.3, 0.4) is 0 Å². The number of nitrogens with zero attached hydrogens (tertiary/aromatic N) is 1. The minimum Gasteiger partial charge on any atom is -0.493 e. The van der Waals surface area contributed by atoms with E-state index >= 15 is 0 Å². The number of rotatable bonds is 13. The van der Waals surface area contributed by atoms with Crippen molar-refractivity contribution in [2.45, 2.75) is 26.5 Å². The van der Waals surface area contributed by atoms with Crippen molar-refractivity contribution in [3.63, 3.8) is 0 Å². The fourth-order valence-electron chi connectivity index (χ4n) is 2.14. The van der Waals surface area contributed by atoms with Crippen molar-refractivity contribution in [3.8, 4) is 11.5 Å². The maximum atomic E-state index is 12.5. The van der Waals surface area contributed by atoms with E-state index in [9.17, 15) is 8.78 Å². The molecular weight excluding hydrogens is 487 g/mol. The predicted octanol–water partition coefficient (Wildman–Crippen LogP) is 3.02. The molecule has 0 fully saturated rings. The van der Waals surface area contributed by atoms with E-state index < -0.39 is 6.61 Å². The lowest BCUT2D eigenvalue weighted by Crippen LogP contribution is -2.38. The summed E-state index contributed by atoms with van der Waals surface area (Å²) in [5.74, 6) is 0.884. The second-order valence-electron chi connectivity index (χ2n) is 5.44. The van der Waals surface area contributed by atoms with Crippen molar-refractivity contribution in [1.82, 2.24) is 10.6 Å². The Morgan fingerprint density at radius 3 is 2.54 bits per heavy atom. The molecule has 28 heavy (non-hydrogen) atoms. The Balaban J connectivity index is 0.00000729. The SMILES string of the molecule is CCNC(=NCc1ccc(OC)c(OC(F)F)c1)NCCCOCCOC.I. The number of halogens is 3. The second kappa shape index (κ2) is 16.5. The third-order valence-corrected chi connectivity index (χ3v) is 3.40. The molecule has 0 aliphatic heterocycles. The average molecular weight is 517 g/mol. The van der Waals surface area contributed by atoms with Gasteiger partial charge >= 0.3 is 6.61 Å². The summed E-state index contributed by atoms with van der Waals surface area (Å²) >= 11 is 0. The quantitative estimate of drug-likeness (QED) is 0.182. The molecule has 0 radical (unpaired) electrons. The van der Waals surface area contributed by atoms with E-state index in [0.717, 1.165) is 12.0 Å². The Kier molecular flexibility index (Phi) is 15.7. The molecule has 0 amide bonds. The van der Waals surface area contributed by atoms with E-state index in [1.807, 2.05) is 6.92 Å². The van der Waals surface area contributed by atoms with Crippen LogP contribution in [0.15, 0.2) is 23.2 Å². The maximum Gasteiger partial charge on any atom is 0.387 e. The summed E-state index contributed by atoms with van der Waals surface area (Å²) < 4.78 is 44.8. The fraction of sp³-hybridized carbons (Fsp3) is 0.611. The Bertz CT molecular complexity index is 566. The molecule has 0 unspecified atom stereocenters. The molecule has 7 nitrogen and oxygen atoms in total. The zero-order chi connectivity index (χ0) is 19.9. The highest BCUT2D eigenvalue weighted by molar-refractivity contribution is 14.0. The largest absolute Gasteiger partial charge is 0.493 e. The lowest BCUT2D eigenvalue weighted by atomic mass is 10.2. The molecule has 1 rings (SSSR count). The maximum absolute atomic E-state index is 12.5. The number of nitrogens with one attached hydrogen (secondary N) is 2. The van der Waals surface area contributed by atoms with Crippen molar-refractivity contribution in [2.24, 2.45) is 4.99 Å². The molecule has 10 heteroatoms. The molecule has 0 aliphatic rings. The molecule has 0 saturated carbocycles. The van der Waals surface area contributed by atoms with Gasteiger partial charge in [0.2, 0.25) is 0 Å². The van der Waals surface area contributed by atoms with Crippen molar-refractivity contribution >= 4 is 29.9 Å². The summed E-state index contributed by atoms with van der Waals surface area (Å²) in [5, 5.41) is 6.34. The van der Waals surface area contributed by atoms with Crippen LogP contribution in [-0.2, 0) is 16.0 Å². The van der Waals surface area contributed by atoms with Gasteiger partial charge in [-0.25, -0.2) is 4.99 Å². The molecule has 1 aromatic carbocycles. The van der Waals surface area contributed by atoms with Crippen molar-refractivity contribution in [1.29, 1.82) is 0 Å². The number of ether oxygens (including phenoxy) is 4. The molecular formula is C18H30F2IN3O4. The van der Waals surface area contributed by atoms with Crippen molar-refractivity contribution in [2.75, 3.05) is 47.1 Å². The second-order valence-corrected chi connectivity index (χ2v) is 5.44. The fourth-order valence-corrected chi connectivity index (χ4v) is 2.14. The van der Waals surface area contributed by atoms with Gasteiger partial charge in [0, 0.05) is 26.8 Å². The number of methoxy groups -OCH3 is 2. The van der Waals surface area contributed by atoms with E-state index in [4.69, 9.17) is 14.2 Å². The number of aliphatic imine (C=N–C) groups is 1. The van der Waals surface area contributed by atoms with Crippen molar-refractivity contribution < 1.29 is 27.7 Å². The highest BCUT2D eigenvalue weighted by Gasteiger charge is 2.11. The summed E-state index contributed by atoms with van der Waals surface area (Å²) in [4.78, 5) is 4.46. The molecule has 0 spiro atoms. The van der Waals surface area contributed by atoms with E-state index in [1.165, 1.54) is 13.2 Å². The van der Waals surface area contributed by atoms with Crippen LogP contribution in [-0.4, -0.2) is 59.7 Å². The minimum atomic E-state index is -2.91. The van der Waals surface area contributed by atoms with Crippen molar-refractivity contribution in [3.05, 3.63) is 23.8 Å². The normalized spacial score (nSPS) is 11.1. The smallest absolute Gasteiger partial charge is 0.387 e. The van der Waals surface area contributed by atoms with Crippen LogP contribution in [0.5, 0.6) is 11.5 Å². The Labute approximate surface area is 182 Å². The summed E-state index contributed by atoms with van der Waals surface area (Å²) in [6, 6.07) is 4.84. The third kappa shape index (κ3) is 11.4. The first-order chi connectivity index (χ1) is 13.1.